The molecule has 1 N–H and O–H groups in total. The minimum Gasteiger partial charge on any atom is -0.314 e. The van der Waals surface area contributed by atoms with Crippen molar-refractivity contribution < 1.29 is 0 Å². The zero-order valence-electron chi connectivity index (χ0n) is 9.89. The Labute approximate surface area is 123 Å². The Morgan fingerprint density at radius 1 is 1.26 bits per heavy atom. The summed E-state index contributed by atoms with van der Waals surface area (Å²) in [4.78, 5) is 0. The van der Waals surface area contributed by atoms with Crippen molar-refractivity contribution in [3.8, 4) is 5.69 Å². The molecule has 0 atom stereocenters. The number of hydrogen-bond acceptors (Lipinski definition) is 5. The lowest BCUT2D eigenvalue weighted by molar-refractivity contribution is 0.758. The highest BCUT2D eigenvalue weighted by Gasteiger charge is 2.16. The monoisotopic (exact) mass is 313 g/mol. The van der Waals surface area contributed by atoms with Gasteiger partial charge in [-0.1, -0.05) is 23.2 Å². The third-order valence-corrected chi connectivity index (χ3v) is 3.75. The van der Waals surface area contributed by atoms with Crippen LogP contribution in [0, 0.1) is 0 Å². The number of nitrogens with zero attached hydrogens (tertiary/aromatic N) is 4. The van der Waals surface area contributed by atoms with Crippen molar-refractivity contribution in [3.63, 3.8) is 0 Å². The summed E-state index contributed by atoms with van der Waals surface area (Å²) in [7, 11) is 1.87. The molecular formula is C11H9Cl2N5S. The Hall–Kier alpha value is -1.21. The molecule has 0 fully saturated rings. The van der Waals surface area contributed by atoms with Crippen LogP contribution in [0.3, 0.4) is 0 Å². The third kappa shape index (κ3) is 2.21. The lowest BCUT2D eigenvalue weighted by Crippen LogP contribution is -2.06. The van der Waals surface area contributed by atoms with Gasteiger partial charge in [0.25, 0.3) is 0 Å². The highest BCUT2D eigenvalue weighted by atomic mass is 35.5. The van der Waals surface area contributed by atoms with E-state index in [2.05, 4.69) is 19.2 Å². The molecule has 0 saturated heterocycles. The maximum atomic E-state index is 6.26. The van der Waals surface area contributed by atoms with Crippen molar-refractivity contribution in [2.24, 2.45) is 0 Å². The highest BCUT2D eigenvalue weighted by molar-refractivity contribution is 7.00. The Morgan fingerprint density at radius 3 is 2.84 bits per heavy atom. The van der Waals surface area contributed by atoms with Gasteiger partial charge in [0.1, 0.15) is 16.7 Å². The standard InChI is InChI=1S/C11H9Cl2N5S/c1-14-5-6-2-3-18(15-6)11-8(13)4-7(12)9-10(11)17-19-16-9/h2-4,14H,5H2,1H3. The molecule has 98 valence electrons. The number of fused-ring (bicyclic) bond motifs is 1. The summed E-state index contributed by atoms with van der Waals surface area (Å²) in [6, 6.07) is 3.59. The van der Waals surface area contributed by atoms with E-state index < -0.39 is 0 Å². The molecule has 0 unspecified atom stereocenters. The van der Waals surface area contributed by atoms with Gasteiger partial charge in [0.15, 0.2) is 0 Å². The second-order valence-corrected chi connectivity index (χ2v) is 5.28. The fourth-order valence-electron chi connectivity index (χ4n) is 1.84. The Morgan fingerprint density at radius 2 is 2.05 bits per heavy atom. The minimum atomic E-state index is 0.500. The highest BCUT2D eigenvalue weighted by Crippen LogP contribution is 2.33. The lowest BCUT2D eigenvalue weighted by atomic mass is 10.2. The predicted octanol–water partition coefficient (Wildman–Crippen LogP) is 2.90. The van der Waals surface area contributed by atoms with Gasteiger partial charge in [0.2, 0.25) is 0 Å². The summed E-state index contributed by atoms with van der Waals surface area (Å²) < 4.78 is 10.1. The van der Waals surface area contributed by atoms with Gasteiger partial charge in [-0.3, -0.25) is 0 Å². The Bertz CT molecular complexity index is 736. The van der Waals surface area contributed by atoms with E-state index in [0.29, 0.717) is 33.3 Å². The first-order valence-corrected chi connectivity index (χ1v) is 6.99. The molecule has 0 radical (unpaired) electrons. The Kier molecular flexibility index (Phi) is 3.40. The van der Waals surface area contributed by atoms with E-state index in [1.165, 1.54) is 0 Å². The molecule has 8 heteroatoms. The van der Waals surface area contributed by atoms with E-state index in [-0.39, 0.29) is 0 Å². The first-order chi connectivity index (χ1) is 9.20. The maximum absolute atomic E-state index is 6.26. The van der Waals surface area contributed by atoms with Crippen molar-refractivity contribution in [2.45, 2.75) is 6.54 Å². The van der Waals surface area contributed by atoms with Crippen LogP contribution in [0.2, 0.25) is 10.0 Å². The summed E-state index contributed by atoms with van der Waals surface area (Å²) in [5.74, 6) is 0. The number of benzene rings is 1. The van der Waals surface area contributed by atoms with E-state index in [1.807, 2.05) is 19.3 Å². The molecule has 5 nitrogen and oxygen atoms in total. The van der Waals surface area contributed by atoms with Crippen molar-refractivity contribution in [1.29, 1.82) is 0 Å². The molecule has 0 amide bonds. The fourth-order valence-corrected chi connectivity index (χ4v) is 3.04. The summed E-state index contributed by atoms with van der Waals surface area (Å²) in [5.41, 5.74) is 2.94. The number of rotatable bonds is 3. The summed E-state index contributed by atoms with van der Waals surface area (Å²) in [5, 5.41) is 8.51. The summed E-state index contributed by atoms with van der Waals surface area (Å²) >= 11 is 13.5. The third-order valence-electron chi connectivity index (χ3n) is 2.65. The van der Waals surface area contributed by atoms with Gasteiger partial charge in [-0.15, -0.1) is 0 Å². The molecule has 2 aromatic heterocycles. The van der Waals surface area contributed by atoms with Crippen LogP contribution in [0.1, 0.15) is 5.69 Å². The van der Waals surface area contributed by atoms with E-state index in [9.17, 15) is 0 Å². The summed E-state index contributed by atoms with van der Waals surface area (Å²) in [6.07, 6.45) is 1.85. The van der Waals surface area contributed by atoms with Crippen LogP contribution in [0.5, 0.6) is 0 Å². The van der Waals surface area contributed by atoms with Crippen molar-refractivity contribution in [3.05, 3.63) is 34.1 Å². The second-order valence-electron chi connectivity index (χ2n) is 3.93. The van der Waals surface area contributed by atoms with Crippen molar-refractivity contribution >= 4 is 46.0 Å². The SMILES string of the molecule is CNCc1ccn(-c2c(Cl)cc(Cl)c3nsnc23)n1. The molecule has 3 aromatic rings. The molecule has 0 bridgehead atoms. The largest absolute Gasteiger partial charge is 0.314 e. The summed E-state index contributed by atoms with van der Waals surface area (Å²) in [6.45, 7) is 0.691. The molecule has 0 aliphatic heterocycles. The van der Waals surface area contributed by atoms with Gasteiger partial charge in [0.05, 0.1) is 27.5 Å². The average molecular weight is 314 g/mol. The molecule has 19 heavy (non-hydrogen) atoms. The molecule has 0 saturated carbocycles. The first-order valence-electron chi connectivity index (χ1n) is 5.50. The van der Waals surface area contributed by atoms with Gasteiger partial charge in [0, 0.05) is 12.7 Å². The van der Waals surface area contributed by atoms with Gasteiger partial charge < -0.3 is 5.32 Å². The van der Waals surface area contributed by atoms with Gasteiger partial charge >= 0.3 is 0 Å². The Balaban J connectivity index is 2.20. The van der Waals surface area contributed by atoms with Crippen LogP contribution in [0.15, 0.2) is 18.3 Å². The lowest BCUT2D eigenvalue weighted by Gasteiger charge is -2.06. The van der Waals surface area contributed by atoms with E-state index in [0.717, 1.165) is 17.4 Å². The van der Waals surface area contributed by atoms with Gasteiger partial charge in [-0.05, 0) is 19.2 Å². The van der Waals surface area contributed by atoms with E-state index >= 15 is 0 Å². The van der Waals surface area contributed by atoms with Crippen LogP contribution < -0.4 is 5.32 Å². The van der Waals surface area contributed by atoms with Crippen LogP contribution in [0.4, 0.5) is 0 Å². The zero-order valence-corrected chi connectivity index (χ0v) is 12.2. The normalized spacial score (nSPS) is 11.3. The van der Waals surface area contributed by atoms with Crippen LogP contribution in [-0.4, -0.2) is 25.6 Å². The number of halogens is 2. The number of aromatic nitrogens is 4. The number of nitrogens with one attached hydrogen (secondary N) is 1. The van der Waals surface area contributed by atoms with E-state index in [1.54, 1.807) is 10.7 Å². The van der Waals surface area contributed by atoms with Crippen LogP contribution in [-0.2, 0) is 6.54 Å². The molecule has 0 aliphatic rings. The molecule has 0 aliphatic carbocycles. The van der Waals surface area contributed by atoms with Gasteiger partial charge in [-0.2, -0.15) is 13.8 Å². The van der Waals surface area contributed by atoms with E-state index in [4.69, 9.17) is 23.2 Å². The van der Waals surface area contributed by atoms with Crippen molar-refractivity contribution in [2.75, 3.05) is 7.05 Å². The minimum absolute atomic E-state index is 0.500. The predicted molar refractivity (Wildman–Crippen MR) is 77.3 cm³/mol. The quantitative estimate of drug-likeness (QED) is 0.807. The number of hydrogen-bond donors (Lipinski definition) is 1. The molecule has 3 rings (SSSR count). The average Bonchev–Trinajstić information content (AvgIpc) is 2.99. The second kappa shape index (κ2) is 5.05. The van der Waals surface area contributed by atoms with Crippen molar-refractivity contribution in [1.82, 2.24) is 23.8 Å². The molecule has 1 aromatic carbocycles. The van der Waals surface area contributed by atoms with Crippen LogP contribution in [0.25, 0.3) is 16.7 Å². The topological polar surface area (TPSA) is 55.6 Å². The van der Waals surface area contributed by atoms with Gasteiger partial charge in [-0.25, -0.2) is 4.68 Å². The zero-order chi connectivity index (χ0) is 13.4. The van der Waals surface area contributed by atoms with Crippen LogP contribution >= 0.6 is 34.9 Å². The molecule has 0 spiro atoms. The molecule has 2 heterocycles. The maximum Gasteiger partial charge on any atom is 0.133 e. The first kappa shape index (κ1) is 12.8. The molecular weight excluding hydrogens is 305 g/mol. The fraction of sp³-hybridized carbons (Fsp3) is 0.182. The smallest absolute Gasteiger partial charge is 0.133 e.